The summed E-state index contributed by atoms with van der Waals surface area (Å²) in [7, 11) is 3.85. The first-order chi connectivity index (χ1) is 44.9. The SMILES string of the molecule is C1=CC2CCC1C2.C=C(C)C(=O)OCCC(F)(F)F.C=C(C)C(=O)OCCC(F)(F)F.C=C(C)C(=O)OCCC(F)(F)F.C=C(C)C(=O)OCCN(C)C.C=CC(=C)C.C=CC(=O)OCCC(F)(F)F.C=CC(=O)OCCC(F)(F)F.C=CC(=O)OCCC(F)(F)F.O=C1C=CC(=O)O1. The van der Waals surface area contributed by atoms with E-state index in [9.17, 15) is 122 Å². The summed E-state index contributed by atoms with van der Waals surface area (Å²) in [6.45, 7) is 34.2. The van der Waals surface area contributed by atoms with Gasteiger partial charge in [-0.25, -0.2) is 43.2 Å². The summed E-state index contributed by atoms with van der Waals surface area (Å²) in [4.78, 5) is 94.8. The fraction of sp³-hybridized carbons (Fsp3) is 0.508. The van der Waals surface area contributed by atoms with Crippen molar-refractivity contribution in [3.05, 3.63) is 136 Å². The predicted octanol–water partition coefficient (Wildman–Crippen LogP) is 15.2. The summed E-state index contributed by atoms with van der Waals surface area (Å²) < 4.78 is 240. The molecule has 99 heavy (non-hydrogen) atoms. The number of fused-ring (bicyclic) bond motifs is 2. The Hall–Kier alpha value is -8.73. The number of hydrogen-bond acceptors (Lipinski definition) is 18. The van der Waals surface area contributed by atoms with E-state index in [4.69, 9.17) is 4.74 Å². The minimum atomic E-state index is -4.28. The minimum absolute atomic E-state index is 0.0946. The van der Waals surface area contributed by atoms with Crippen LogP contribution in [0.2, 0.25) is 0 Å². The first-order valence-corrected chi connectivity index (χ1v) is 28.0. The van der Waals surface area contributed by atoms with Crippen LogP contribution in [0.1, 0.15) is 92.4 Å². The summed E-state index contributed by atoms with van der Waals surface area (Å²) in [5.41, 5.74) is 1.75. The topological polar surface area (TPSA) is 231 Å². The molecule has 1 heterocycles. The van der Waals surface area contributed by atoms with Gasteiger partial charge in [-0.2, -0.15) is 79.0 Å². The molecule has 36 heteroatoms. The molecular formula is C63H83F18NO17. The van der Waals surface area contributed by atoms with Crippen molar-refractivity contribution in [2.24, 2.45) is 11.8 Å². The van der Waals surface area contributed by atoms with E-state index < -0.39 is 163 Å². The number of esters is 9. The van der Waals surface area contributed by atoms with Crippen LogP contribution in [0.4, 0.5) is 79.0 Å². The van der Waals surface area contributed by atoms with E-state index in [1.165, 1.54) is 40.0 Å². The highest BCUT2D eigenvalue weighted by molar-refractivity contribution is 6.05. The highest BCUT2D eigenvalue weighted by Gasteiger charge is 2.31. The maximum Gasteiger partial charge on any atom is 0.392 e. The van der Waals surface area contributed by atoms with Gasteiger partial charge >= 0.3 is 90.8 Å². The quantitative estimate of drug-likeness (QED) is 0.0176. The van der Waals surface area contributed by atoms with Crippen LogP contribution < -0.4 is 0 Å². The van der Waals surface area contributed by atoms with Crippen molar-refractivity contribution in [2.75, 3.05) is 66.9 Å². The molecule has 3 aliphatic rings. The van der Waals surface area contributed by atoms with Crippen LogP contribution in [0.15, 0.2) is 136 Å². The second-order valence-electron chi connectivity index (χ2n) is 19.6. The smallest absolute Gasteiger partial charge is 0.392 e. The van der Waals surface area contributed by atoms with Crippen LogP contribution in [-0.4, -0.2) is 163 Å². The van der Waals surface area contributed by atoms with E-state index in [0.29, 0.717) is 12.2 Å². The molecule has 0 aromatic heterocycles. The standard InChI is InChI=1S/C8H15NO2.3C7H9F3O2.C7H10.3C6H7F3O2.C5H8.C4H2O3/c1-7(2)8(10)11-6-5-9(3)4;3*1-5(2)6(11)12-4-3-7(8,9)10;1-2-7-4-3-6(1)5-7;3*1-2-5(10)11-4-3-6(7,8)9;1-4-5(2)3;5-3-1-2-4(6)7-3/h1,5-6H2,2-4H3;3*1,3-4H2,2H3;1-2,6-7H,3-5H2;3*2H,1,3-4H2;4H,1-2H2,3H3;1-2H. The van der Waals surface area contributed by atoms with Crippen molar-refractivity contribution in [1.29, 1.82) is 0 Å². The van der Waals surface area contributed by atoms with Crippen molar-refractivity contribution in [3.63, 3.8) is 0 Å². The second-order valence-corrected chi connectivity index (χ2v) is 19.6. The third-order valence-corrected chi connectivity index (χ3v) is 9.49. The molecule has 568 valence electrons. The zero-order valence-corrected chi connectivity index (χ0v) is 55.3. The molecule has 0 radical (unpaired) electrons. The Morgan fingerprint density at radius 2 is 0.606 bits per heavy atom. The van der Waals surface area contributed by atoms with Crippen LogP contribution in [0.3, 0.4) is 0 Å². The number of nitrogens with zero attached hydrogens (tertiary/aromatic N) is 1. The molecule has 2 unspecified atom stereocenters. The molecule has 2 aliphatic carbocycles. The molecule has 0 spiro atoms. The Morgan fingerprint density at radius 3 is 0.727 bits per heavy atom. The van der Waals surface area contributed by atoms with Gasteiger partial charge in [0.25, 0.3) is 0 Å². The van der Waals surface area contributed by atoms with E-state index >= 15 is 0 Å². The van der Waals surface area contributed by atoms with Gasteiger partial charge in [-0.1, -0.05) is 83.0 Å². The molecule has 1 aliphatic heterocycles. The van der Waals surface area contributed by atoms with Crippen molar-refractivity contribution >= 4 is 53.7 Å². The number of likely N-dealkylation sites (N-methyl/N-ethyl adjacent to an activating group) is 1. The van der Waals surface area contributed by atoms with Crippen molar-refractivity contribution in [2.45, 2.75) is 129 Å². The fourth-order valence-corrected chi connectivity index (χ4v) is 4.59. The maximum atomic E-state index is 11.5. The number of hydrogen-bond donors (Lipinski definition) is 0. The Morgan fingerprint density at radius 1 is 0.404 bits per heavy atom. The van der Waals surface area contributed by atoms with Gasteiger partial charge in [0.05, 0.1) is 38.5 Å². The lowest BCUT2D eigenvalue weighted by molar-refractivity contribution is -0.157. The van der Waals surface area contributed by atoms with E-state index in [-0.39, 0.29) is 22.7 Å². The van der Waals surface area contributed by atoms with Gasteiger partial charge in [0.2, 0.25) is 0 Å². The van der Waals surface area contributed by atoms with E-state index in [1.807, 2.05) is 25.9 Å². The molecular weight excluding hydrogens is 1380 g/mol. The first kappa shape index (κ1) is 104. The van der Waals surface area contributed by atoms with Crippen LogP contribution >= 0.6 is 0 Å². The van der Waals surface area contributed by atoms with Crippen molar-refractivity contribution in [1.82, 2.24) is 4.90 Å². The zero-order chi connectivity index (χ0) is 79.1. The fourth-order valence-electron chi connectivity index (χ4n) is 4.59. The molecule has 1 saturated carbocycles. The number of halogens is 18. The van der Waals surface area contributed by atoms with Gasteiger partial charge in [0.1, 0.15) is 46.2 Å². The Balaban J connectivity index is -0.000000191. The summed E-state index contributed by atoms with van der Waals surface area (Å²) in [5, 5.41) is 0. The van der Waals surface area contributed by atoms with E-state index in [0.717, 1.165) is 54.3 Å². The highest BCUT2D eigenvalue weighted by Crippen LogP contribution is 2.38. The van der Waals surface area contributed by atoms with Gasteiger partial charge in [0.15, 0.2) is 0 Å². The lowest BCUT2D eigenvalue weighted by Crippen LogP contribution is -2.20. The lowest BCUT2D eigenvalue weighted by atomic mass is 10.1. The Labute approximate surface area is 561 Å². The number of carbonyl (C=O) groups is 9. The molecule has 1 fully saturated rings. The van der Waals surface area contributed by atoms with Crippen molar-refractivity contribution in [3.8, 4) is 0 Å². The minimum Gasteiger partial charge on any atom is -0.462 e. The van der Waals surface area contributed by atoms with Crippen molar-refractivity contribution < 1.29 is 160 Å². The Kier molecular flexibility index (Phi) is 58.9. The van der Waals surface area contributed by atoms with Crippen LogP contribution in [0.5, 0.6) is 0 Å². The van der Waals surface area contributed by atoms with Gasteiger partial charge in [-0.15, -0.1) is 0 Å². The Bertz CT molecular complexity index is 2420. The van der Waals surface area contributed by atoms with Gasteiger partial charge < -0.3 is 42.8 Å². The monoisotopic (exact) mass is 1470 g/mol. The second kappa shape index (κ2) is 56.2. The molecule has 2 bridgehead atoms. The molecule has 3 rings (SSSR count). The molecule has 0 aromatic carbocycles. The summed E-state index contributed by atoms with van der Waals surface area (Å²) in [6, 6.07) is 0. The number of cyclic esters (lactones) is 2. The van der Waals surface area contributed by atoms with Crippen LogP contribution in [-0.2, 0) is 81.0 Å². The number of allylic oxidation sites excluding steroid dienone is 4. The van der Waals surface area contributed by atoms with Gasteiger partial charge in [0, 0.05) is 59.2 Å². The molecule has 0 amide bonds. The molecule has 0 saturated heterocycles. The summed E-state index contributed by atoms with van der Waals surface area (Å²) >= 11 is 0. The number of carbonyl (C=O) groups excluding carboxylic acids is 9. The van der Waals surface area contributed by atoms with E-state index in [2.05, 4.69) is 105 Å². The normalized spacial score (nSPS) is 13.5. The summed E-state index contributed by atoms with van der Waals surface area (Å²) in [5.74, 6) is -4.38. The maximum absolute atomic E-state index is 11.5. The number of ether oxygens (including phenoxy) is 8. The highest BCUT2D eigenvalue weighted by atomic mass is 19.4. The third-order valence-electron chi connectivity index (χ3n) is 9.49. The van der Waals surface area contributed by atoms with E-state index in [1.54, 1.807) is 13.0 Å². The average molecular weight is 1470 g/mol. The summed E-state index contributed by atoms with van der Waals surface area (Å²) in [6.07, 6.45) is -16.9. The molecule has 2 atom stereocenters. The number of alkyl halides is 18. The average Bonchev–Trinajstić information content (AvgIpc) is 1.74. The van der Waals surface area contributed by atoms with Crippen LogP contribution in [0, 0.1) is 11.8 Å². The predicted molar refractivity (Wildman–Crippen MR) is 324 cm³/mol. The zero-order valence-electron chi connectivity index (χ0n) is 55.3. The third kappa shape index (κ3) is 91.4. The van der Waals surface area contributed by atoms with Gasteiger partial charge in [-0.05, 0) is 79.8 Å². The molecule has 18 nitrogen and oxygen atoms in total. The largest absolute Gasteiger partial charge is 0.462 e. The molecule has 0 aromatic rings. The first-order valence-electron chi connectivity index (χ1n) is 28.0. The lowest BCUT2D eigenvalue weighted by Gasteiger charge is -2.09. The van der Waals surface area contributed by atoms with Gasteiger partial charge in [-0.3, -0.25) is 0 Å². The molecule has 0 N–H and O–H groups in total. The van der Waals surface area contributed by atoms with Crippen LogP contribution in [0.25, 0.3) is 0 Å². The number of rotatable bonds is 23.